The molecule has 2 aliphatic rings. The first-order valence-corrected chi connectivity index (χ1v) is 10.4. The summed E-state index contributed by atoms with van der Waals surface area (Å²) in [5.41, 5.74) is 0.889. The van der Waals surface area contributed by atoms with Gasteiger partial charge in [0.25, 0.3) is 5.91 Å². The molecule has 0 spiro atoms. The van der Waals surface area contributed by atoms with E-state index in [1.165, 1.54) is 29.0 Å². The molecule has 0 aliphatic carbocycles. The van der Waals surface area contributed by atoms with Gasteiger partial charge in [-0.15, -0.1) is 0 Å². The lowest BCUT2D eigenvalue weighted by atomic mass is 10.1. The molecule has 2 atom stereocenters. The number of benzene rings is 1. The Bertz CT molecular complexity index is 1050. The number of carbonyl (C=O) groups is 1. The van der Waals surface area contributed by atoms with E-state index < -0.39 is 15.9 Å². The van der Waals surface area contributed by atoms with Gasteiger partial charge in [0.15, 0.2) is 11.4 Å². The summed E-state index contributed by atoms with van der Waals surface area (Å²) in [6.07, 6.45) is 1.37. The van der Waals surface area contributed by atoms with Crippen molar-refractivity contribution in [3.63, 3.8) is 0 Å². The van der Waals surface area contributed by atoms with Crippen molar-refractivity contribution in [3.8, 4) is 5.75 Å². The van der Waals surface area contributed by atoms with Crippen LogP contribution in [0.1, 0.15) is 16.1 Å². The van der Waals surface area contributed by atoms with Gasteiger partial charge >= 0.3 is 0 Å². The van der Waals surface area contributed by atoms with Crippen LogP contribution in [0.15, 0.2) is 29.3 Å². The van der Waals surface area contributed by atoms with Gasteiger partial charge in [-0.05, 0) is 30.7 Å². The Kier molecular flexibility index (Phi) is 4.64. The lowest BCUT2D eigenvalue weighted by Crippen LogP contribution is -2.43. The molecule has 0 saturated carbocycles. The first-order chi connectivity index (χ1) is 13.3. The fourth-order valence-corrected chi connectivity index (χ4v) is 5.08. The molecule has 1 fully saturated rings. The number of nitrogens with one attached hydrogen (secondary N) is 3. The smallest absolute Gasteiger partial charge is 0.276 e. The third-order valence-electron chi connectivity index (χ3n) is 5.11. The number of aromatic nitrogens is 1. The number of amides is 1. The second kappa shape index (κ2) is 6.87. The predicted octanol–water partition coefficient (Wildman–Crippen LogP) is 0.984. The highest BCUT2D eigenvalue weighted by molar-refractivity contribution is 7.89. The lowest BCUT2D eigenvalue weighted by Gasteiger charge is -2.24. The third-order valence-corrected chi connectivity index (χ3v) is 6.59. The van der Waals surface area contributed by atoms with Crippen molar-refractivity contribution in [1.29, 1.82) is 0 Å². The summed E-state index contributed by atoms with van der Waals surface area (Å²) in [5.74, 6) is -0.913. The summed E-state index contributed by atoms with van der Waals surface area (Å²) in [7, 11) is -2.26. The van der Waals surface area contributed by atoms with Crippen LogP contribution >= 0.6 is 0 Å². The summed E-state index contributed by atoms with van der Waals surface area (Å²) < 4.78 is 49.0. The maximum absolute atomic E-state index is 13.5. The first-order valence-electron chi connectivity index (χ1n) is 8.89. The minimum Gasteiger partial charge on any atom is -0.489 e. The van der Waals surface area contributed by atoms with E-state index in [0.717, 1.165) is 0 Å². The van der Waals surface area contributed by atoms with E-state index in [1.807, 2.05) is 0 Å². The minimum atomic E-state index is -3.84. The maximum atomic E-state index is 13.5. The van der Waals surface area contributed by atoms with Crippen molar-refractivity contribution in [2.75, 3.05) is 25.0 Å². The molecule has 1 amide bonds. The second-order valence-corrected chi connectivity index (χ2v) is 8.84. The molecule has 3 N–H and O–H groups in total. The first kappa shape index (κ1) is 18.9. The monoisotopic (exact) mass is 408 g/mol. The zero-order chi connectivity index (χ0) is 20.1. The standard InChI is InChI=1S/C18H21FN4O4S/c1-10-5-12(3-4-13(10)19)21-18(24)16-17-15(8-23(16)2)28(25,26)22-14-7-20-6-11(14)9-27-17/h3-5,8,11,14,20,22H,6-7,9H2,1-2H3,(H,21,24)/t11?,14-/m0/s1. The van der Waals surface area contributed by atoms with E-state index in [1.54, 1.807) is 14.0 Å². The number of aryl methyl sites for hydroxylation is 2. The molecule has 0 radical (unpaired) electrons. The Morgan fingerprint density at radius 1 is 1.36 bits per heavy atom. The van der Waals surface area contributed by atoms with Gasteiger partial charge in [0.1, 0.15) is 10.7 Å². The Hall–Kier alpha value is -2.43. The molecule has 1 unspecified atom stereocenters. The molecular formula is C18H21FN4O4S. The minimum absolute atomic E-state index is 0.0247. The Morgan fingerprint density at radius 3 is 2.89 bits per heavy atom. The molecule has 3 heterocycles. The van der Waals surface area contributed by atoms with Crippen LogP contribution in [-0.2, 0) is 17.1 Å². The Balaban J connectivity index is 1.70. The van der Waals surface area contributed by atoms with Gasteiger partial charge in [-0.2, -0.15) is 0 Å². The molecule has 1 saturated heterocycles. The van der Waals surface area contributed by atoms with Crippen LogP contribution in [0.5, 0.6) is 5.75 Å². The lowest BCUT2D eigenvalue weighted by molar-refractivity contribution is 0.101. The van der Waals surface area contributed by atoms with Gasteiger partial charge in [0.05, 0.1) is 6.61 Å². The number of sulfonamides is 1. The maximum Gasteiger partial charge on any atom is 0.276 e. The summed E-state index contributed by atoms with van der Waals surface area (Å²) in [6.45, 7) is 3.04. The number of ether oxygens (including phenoxy) is 1. The SMILES string of the molecule is Cc1cc(NC(=O)c2c3c(cn2C)S(=O)(=O)N[C@H]2CNCC2CO3)ccc1F. The van der Waals surface area contributed by atoms with Crippen LogP contribution in [0.4, 0.5) is 10.1 Å². The van der Waals surface area contributed by atoms with Crippen molar-refractivity contribution in [1.82, 2.24) is 14.6 Å². The largest absolute Gasteiger partial charge is 0.489 e. The van der Waals surface area contributed by atoms with Gasteiger partial charge in [-0.3, -0.25) is 4.79 Å². The van der Waals surface area contributed by atoms with Crippen molar-refractivity contribution >= 4 is 21.6 Å². The van der Waals surface area contributed by atoms with Gasteiger partial charge in [-0.25, -0.2) is 17.5 Å². The zero-order valence-corrected chi connectivity index (χ0v) is 16.3. The second-order valence-electron chi connectivity index (χ2n) is 7.16. The van der Waals surface area contributed by atoms with Crippen molar-refractivity contribution in [2.45, 2.75) is 17.9 Å². The number of halogens is 1. The molecule has 2 aliphatic heterocycles. The quantitative estimate of drug-likeness (QED) is 0.688. The van der Waals surface area contributed by atoms with Crippen LogP contribution in [0.2, 0.25) is 0 Å². The van der Waals surface area contributed by atoms with E-state index in [4.69, 9.17) is 4.74 Å². The van der Waals surface area contributed by atoms with Gasteiger partial charge in [0.2, 0.25) is 10.0 Å². The molecule has 1 aromatic heterocycles. The van der Waals surface area contributed by atoms with Crippen molar-refractivity contribution < 1.29 is 22.3 Å². The molecule has 0 bridgehead atoms. The normalized spacial score (nSPS) is 23.1. The number of anilines is 1. The average Bonchev–Trinajstić information content (AvgIpc) is 3.18. The van der Waals surface area contributed by atoms with Crippen LogP contribution in [0.25, 0.3) is 0 Å². The zero-order valence-electron chi connectivity index (χ0n) is 15.5. The third kappa shape index (κ3) is 3.27. The predicted molar refractivity (Wildman–Crippen MR) is 100 cm³/mol. The van der Waals surface area contributed by atoms with Gasteiger partial charge in [-0.1, -0.05) is 0 Å². The molecule has 10 heteroatoms. The van der Waals surface area contributed by atoms with E-state index in [9.17, 15) is 17.6 Å². The van der Waals surface area contributed by atoms with E-state index in [-0.39, 0.29) is 40.7 Å². The van der Waals surface area contributed by atoms with Crippen LogP contribution in [0, 0.1) is 18.7 Å². The number of hydrogen-bond donors (Lipinski definition) is 3. The van der Waals surface area contributed by atoms with Crippen molar-refractivity contribution in [3.05, 3.63) is 41.5 Å². The fraction of sp³-hybridized carbons (Fsp3) is 0.389. The summed E-state index contributed by atoms with van der Waals surface area (Å²) >= 11 is 0. The fourth-order valence-electron chi connectivity index (χ4n) is 3.58. The number of rotatable bonds is 2. The van der Waals surface area contributed by atoms with Crippen LogP contribution in [-0.4, -0.2) is 44.6 Å². The summed E-state index contributed by atoms with van der Waals surface area (Å²) in [4.78, 5) is 12.8. The van der Waals surface area contributed by atoms with Crippen molar-refractivity contribution in [2.24, 2.45) is 13.0 Å². The molecule has 28 heavy (non-hydrogen) atoms. The van der Waals surface area contributed by atoms with E-state index in [0.29, 0.717) is 24.3 Å². The highest BCUT2D eigenvalue weighted by Gasteiger charge is 2.38. The molecule has 8 nitrogen and oxygen atoms in total. The molecule has 1 aromatic carbocycles. The molecule has 150 valence electrons. The Labute approximate surface area is 162 Å². The summed E-state index contributed by atoms with van der Waals surface area (Å²) in [6, 6.07) is 3.96. The van der Waals surface area contributed by atoms with Crippen LogP contribution in [0.3, 0.4) is 0 Å². The van der Waals surface area contributed by atoms with Gasteiger partial charge in [0, 0.05) is 44.0 Å². The molecule has 2 aromatic rings. The average molecular weight is 408 g/mol. The Morgan fingerprint density at radius 2 is 2.14 bits per heavy atom. The van der Waals surface area contributed by atoms with Crippen LogP contribution < -0.4 is 20.1 Å². The number of fused-ring (bicyclic) bond motifs is 2. The number of nitrogens with zero attached hydrogens (tertiary/aromatic N) is 1. The highest BCUT2D eigenvalue weighted by Crippen LogP contribution is 2.33. The molecule has 4 rings (SSSR count). The van der Waals surface area contributed by atoms with E-state index in [2.05, 4.69) is 15.4 Å². The number of carbonyl (C=O) groups excluding carboxylic acids is 1. The van der Waals surface area contributed by atoms with E-state index >= 15 is 0 Å². The molecular weight excluding hydrogens is 387 g/mol. The number of hydrogen-bond acceptors (Lipinski definition) is 5. The van der Waals surface area contributed by atoms with Gasteiger partial charge < -0.3 is 19.9 Å². The highest BCUT2D eigenvalue weighted by atomic mass is 32.2. The topological polar surface area (TPSA) is 101 Å². The summed E-state index contributed by atoms with van der Waals surface area (Å²) in [5, 5.41) is 5.82.